The SMILES string of the molecule is CC(C)(C)OC(=O)N1CCc2cc(Br)cc(Br)c21. The van der Waals surface area contributed by atoms with Crippen molar-refractivity contribution in [3.8, 4) is 0 Å². The number of fused-ring (bicyclic) bond motifs is 1. The Morgan fingerprint density at radius 1 is 1.33 bits per heavy atom. The van der Waals surface area contributed by atoms with Gasteiger partial charge >= 0.3 is 6.09 Å². The van der Waals surface area contributed by atoms with Gasteiger partial charge in [-0.3, -0.25) is 4.90 Å². The average molecular weight is 377 g/mol. The fourth-order valence-electron chi connectivity index (χ4n) is 1.96. The molecule has 0 radical (unpaired) electrons. The second-order valence-electron chi connectivity index (χ2n) is 5.28. The molecule has 2 rings (SSSR count). The van der Waals surface area contributed by atoms with Gasteiger partial charge in [0, 0.05) is 15.5 Å². The zero-order valence-corrected chi connectivity index (χ0v) is 13.8. The Labute approximate surface area is 124 Å². The third kappa shape index (κ3) is 2.88. The van der Waals surface area contributed by atoms with Gasteiger partial charge < -0.3 is 4.74 Å². The van der Waals surface area contributed by atoms with Gasteiger partial charge in [-0.25, -0.2) is 4.79 Å². The summed E-state index contributed by atoms with van der Waals surface area (Å²) in [6.07, 6.45) is 0.566. The van der Waals surface area contributed by atoms with E-state index in [4.69, 9.17) is 4.74 Å². The highest BCUT2D eigenvalue weighted by Crippen LogP contribution is 2.38. The summed E-state index contributed by atoms with van der Waals surface area (Å²) in [6.45, 7) is 6.29. The van der Waals surface area contributed by atoms with Crippen LogP contribution in [0.3, 0.4) is 0 Å². The molecule has 0 spiro atoms. The summed E-state index contributed by atoms with van der Waals surface area (Å²) in [7, 11) is 0. The Morgan fingerprint density at radius 2 is 2.00 bits per heavy atom. The average Bonchev–Trinajstić information content (AvgIpc) is 2.58. The van der Waals surface area contributed by atoms with Crippen LogP contribution in [0.15, 0.2) is 21.1 Å². The fourth-order valence-corrected chi connectivity index (χ4v) is 3.48. The predicted octanol–water partition coefficient (Wildman–Crippen LogP) is 4.51. The molecular formula is C13H15Br2NO2. The highest BCUT2D eigenvalue weighted by atomic mass is 79.9. The molecule has 5 heteroatoms. The number of benzene rings is 1. The molecule has 0 fully saturated rings. The molecule has 0 bridgehead atoms. The number of nitrogens with zero attached hydrogens (tertiary/aromatic N) is 1. The quantitative estimate of drug-likeness (QED) is 0.666. The first-order chi connectivity index (χ1) is 8.28. The van der Waals surface area contributed by atoms with E-state index in [0.29, 0.717) is 6.54 Å². The second-order valence-corrected chi connectivity index (χ2v) is 7.05. The highest BCUT2D eigenvalue weighted by molar-refractivity contribution is 9.11. The molecule has 1 amide bonds. The van der Waals surface area contributed by atoms with Crippen molar-refractivity contribution in [2.24, 2.45) is 0 Å². The van der Waals surface area contributed by atoms with E-state index < -0.39 is 5.60 Å². The number of hydrogen-bond donors (Lipinski definition) is 0. The van der Waals surface area contributed by atoms with E-state index >= 15 is 0 Å². The molecule has 0 aromatic heterocycles. The van der Waals surface area contributed by atoms with E-state index in [1.165, 1.54) is 0 Å². The summed E-state index contributed by atoms with van der Waals surface area (Å²) >= 11 is 6.96. The normalized spacial score (nSPS) is 14.6. The Balaban J connectivity index is 2.29. The lowest BCUT2D eigenvalue weighted by atomic mass is 10.2. The van der Waals surface area contributed by atoms with Gasteiger partial charge in [-0.1, -0.05) is 15.9 Å². The summed E-state index contributed by atoms with van der Waals surface area (Å²) in [5.74, 6) is 0. The van der Waals surface area contributed by atoms with Crippen molar-refractivity contribution in [3.63, 3.8) is 0 Å². The number of hydrogen-bond acceptors (Lipinski definition) is 2. The molecular weight excluding hydrogens is 362 g/mol. The molecule has 0 saturated carbocycles. The number of carbonyl (C=O) groups is 1. The van der Waals surface area contributed by atoms with Gasteiger partial charge in [-0.2, -0.15) is 0 Å². The van der Waals surface area contributed by atoms with Crippen molar-refractivity contribution in [2.75, 3.05) is 11.4 Å². The zero-order valence-electron chi connectivity index (χ0n) is 10.6. The Hall–Kier alpha value is -0.550. The first-order valence-electron chi connectivity index (χ1n) is 5.76. The summed E-state index contributed by atoms with van der Waals surface area (Å²) in [4.78, 5) is 13.8. The Morgan fingerprint density at radius 3 is 2.61 bits per heavy atom. The van der Waals surface area contributed by atoms with Crippen LogP contribution in [0.25, 0.3) is 0 Å². The molecule has 18 heavy (non-hydrogen) atoms. The maximum Gasteiger partial charge on any atom is 0.414 e. The Bertz CT molecular complexity index is 494. The number of carbonyl (C=O) groups excluding carboxylic acids is 1. The van der Waals surface area contributed by atoms with Crippen LogP contribution in [-0.2, 0) is 11.2 Å². The maximum absolute atomic E-state index is 12.1. The zero-order chi connectivity index (χ0) is 13.5. The monoisotopic (exact) mass is 375 g/mol. The van der Waals surface area contributed by atoms with E-state index in [9.17, 15) is 4.79 Å². The van der Waals surface area contributed by atoms with Crippen LogP contribution in [-0.4, -0.2) is 18.2 Å². The smallest absolute Gasteiger partial charge is 0.414 e. The third-order valence-electron chi connectivity index (χ3n) is 2.60. The topological polar surface area (TPSA) is 29.5 Å². The fraction of sp³-hybridized carbons (Fsp3) is 0.462. The minimum absolute atomic E-state index is 0.288. The minimum atomic E-state index is -0.471. The minimum Gasteiger partial charge on any atom is -0.443 e. The van der Waals surface area contributed by atoms with Gasteiger partial charge in [0.05, 0.1) is 5.69 Å². The maximum atomic E-state index is 12.1. The summed E-state index contributed by atoms with van der Waals surface area (Å²) in [5.41, 5.74) is 1.61. The van der Waals surface area contributed by atoms with Crippen molar-refractivity contribution >= 4 is 43.6 Å². The van der Waals surface area contributed by atoms with Gasteiger partial charge in [-0.15, -0.1) is 0 Å². The molecule has 1 heterocycles. The lowest BCUT2D eigenvalue weighted by molar-refractivity contribution is 0.0584. The molecule has 3 nitrogen and oxygen atoms in total. The lowest BCUT2D eigenvalue weighted by Gasteiger charge is -2.25. The van der Waals surface area contributed by atoms with Crippen molar-refractivity contribution in [1.29, 1.82) is 0 Å². The molecule has 1 aliphatic heterocycles. The van der Waals surface area contributed by atoms with Crippen molar-refractivity contribution in [2.45, 2.75) is 32.8 Å². The molecule has 1 aromatic carbocycles. The first kappa shape index (κ1) is 13.9. The van der Waals surface area contributed by atoms with E-state index in [1.807, 2.05) is 32.9 Å². The molecule has 0 aliphatic carbocycles. The number of anilines is 1. The molecule has 98 valence electrons. The number of ether oxygens (including phenoxy) is 1. The van der Waals surface area contributed by atoms with E-state index in [1.54, 1.807) is 4.90 Å². The van der Waals surface area contributed by atoms with Crippen LogP contribution < -0.4 is 4.90 Å². The standard InChI is InChI=1S/C13H15Br2NO2/c1-13(2,3)18-12(17)16-5-4-8-6-9(14)7-10(15)11(8)16/h6-7H,4-5H2,1-3H3. The van der Waals surface area contributed by atoms with Gasteiger partial charge in [0.1, 0.15) is 5.60 Å². The number of amides is 1. The van der Waals surface area contributed by atoms with Crippen LogP contribution in [0, 0.1) is 0 Å². The number of rotatable bonds is 0. The summed E-state index contributed by atoms with van der Waals surface area (Å²) in [6, 6.07) is 3.99. The van der Waals surface area contributed by atoms with E-state index in [-0.39, 0.29) is 6.09 Å². The largest absolute Gasteiger partial charge is 0.443 e. The van der Waals surface area contributed by atoms with Crippen LogP contribution in [0.4, 0.5) is 10.5 Å². The van der Waals surface area contributed by atoms with E-state index in [0.717, 1.165) is 26.6 Å². The van der Waals surface area contributed by atoms with Crippen molar-refractivity contribution < 1.29 is 9.53 Å². The van der Waals surface area contributed by atoms with Crippen LogP contribution >= 0.6 is 31.9 Å². The van der Waals surface area contributed by atoms with Crippen LogP contribution in [0.1, 0.15) is 26.3 Å². The van der Waals surface area contributed by atoms with Crippen LogP contribution in [0.5, 0.6) is 0 Å². The third-order valence-corrected chi connectivity index (χ3v) is 3.66. The van der Waals surface area contributed by atoms with Crippen molar-refractivity contribution in [3.05, 3.63) is 26.6 Å². The van der Waals surface area contributed by atoms with Gasteiger partial charge in [0.15, 0.2) is 0 Å². The van der Waals surface area contributed by atoms with Crippen molar-refractivity contribution in [1.82, 2.24) is 0 Å². The lowest BCUT2D eigenvalue weighted by Crippen LogP contribution is -2.35. The summed E-state index contributed by atoms with van der Waals surface area (Å²) in [5, 5.41) is 0. The first-order valence-corrected chi connectivity index (χ1v) is 7.35. The molecule has 1 aliphatic rings. The highest BCUT2D eigenvalue weighted by Gasteiger charge is 2.30. The molecule has 0 saturated heterocycles. The molecule has 0 N–H and O–H groups in total. The van der Waals surface area contributed by atoms with Gasteiger partial charge in [0.25, 0.3) is 0 Å². The number of halogens is 2. The Kier molecular flexibility index (Phi) is 3.74. The summed E-state index contributed by atoms with van der Waals surface area (Å²) < 4.78 is 7.34. The van der Waals surface area contributed by atoms with Crippen LogP contribution in [0.2, 0.25) is 0 Å². The molecule has 0 atom stereocenters. The molecule has 0 unspecified atom stereocenters. The second kappa shape index (κ2) is 4.85. The van der Waals surface area contributed by atoms with Gasteiger partial charge in [-0.05, 0) is 60.8 Å². The van der Waals surface area contributed by atoms with E-state index in [2.05, 4.69) is 31.9 Å². The predicted molar refractivity (Wildman–Crippen MR) is 79.1 cm³/mol. The molecule has 1 aromatic rings. The van der Waals surface area contributed by atoms with Gasteiger partial charge in [0.2, 0.25) is 0 Å².